The fraction of sp³-hybridized carbons (Fsp3) is 0.600. The van der Waals surface area contributed by atoms with E-state index in [0.717, 1.165) is 23.9 Å². The van der Waals surface area contributed by atoms with Crippen molar-refractivity contribution in [3.8, 4) is 5.75 Å². The minimum Gasteiger partial charge on any atom is -0.506 e. The third-order valence-corrected chi connectivity index (χ3v) is 5.20. The number of rotatable bonds is 13. The molecule has 1 aromatic rings. The molecular formula is C20H31BrN2O5. The lowest BCUT2D eigenvalue weighted by atomic mass is 9.85. The number of hydrogen-bond donors (Lipinski definition) is 4. The lowest BCUT2D eigenvalue weighted by molar-refractivity contribution is -0.142. The number of aromatic hydroxyl groups is 1. The highest BCUT2D eigenvalue weighted by Crippen LogP contribution is 2.33. The summed E-state index contributed by atoms with van der Waals surface area (Å²) in [5.41, 5.74) is 1.01. The Morgan fingerprint density at radius 2 is 1.96 bits per heavy atom. The summed E-state index contributed by atoms with van der Waals surface area (Å²) in [4.78, 5) is 23.7. The Bertz CT molecular complexity index is 641. The van der Waals surface area contributed by atoms with Crippen LogP contribution in [0.3, 0.4) is 0 Å². The van der Waals surface area contributed by atoms with Gasteiger partial charge < -0.3 is 25.6 Å². The van der Waals surface area contributed by atoms with Crippen molar-refractivity contribution in [1.29, 1.82) is 0 Å². The highest BCUT2D eigenvalue weighted by Gasteiger charge is 2.25. The van der Waals surface area contributed by atoms with E-state index < -0.39 is 18.0 Å². The number of hydrogen-bond acceptors (Lipinski definition) is 5. The minimum absolute atomic E-state index is 0.0708. The van der Waals surface area contributed by atoms with Crippen LogP contribution in [0.15, 0.2) is 18.2 Å². The molecule has 3 unspecified atom stereocenters. The second-order valence-electron chi connectivity index (χ2n) is 6.71. The van der Waals surface area contributed by atoms with Gasteiger partial charge in [-0.05, 0) is 49.9 Å². The summed E-state index contributed by atoms with van der Waals surface area (Å²) < 4.78 is 5.52. The van der Waals surface area contributed by atoms with Crippen LogP contribution >= 0.6 is 15.9 Å². The second kappa shape index (κ2) is 12.7. The first-order chi connectivity index (χ1) is 13.3. The van der Waals surface area contributed by atoms with Crippen molar-refractivity contribution < 1.29 is 24.5 Å². The number of anilines is 1. The first kappa shape index (κ1) is 24.4. The number of aliphatic carboxylic acids is 1. The Morgan fingerprint density at radius 3 is 2.57 bits per heavy atom. The van der Waals surface area contributed by atoms with Crippen molar-refractivity contribution >= 4 is 33.5 Å². The van der Waals surface area contributed by atoms with E-state index in [-0.39, 0.29) is 23.3 Å². The number of carboxylic acids is 1. The molecule has 3 atom stereocenters. The molecule has 158 valence electrons. The van der Waals surface area contributed by atoms with Gasteiger partial charge in [0.25, 0.3) is 5.91 Å². The number of carbonyl (C=O) groups is 2. The molecule has 0 bridgehead atoms. The zero-order valence-corrected chi connectivity index (χ0v) is 18.3. The smallest absolute Gasteiger partial charge is 0.306 e. The van der Waals surface area contributed by atoms with Crippen molar-refractivity contribution in [2.45, 2.75) is 45.6 Å². The number of phenols is 1. The highest BCUT2D eigenvalue weighted by atomic mass is 79.9. The number of carboxylic acid groups (broad SMARTS) is 1. The van der Waals surface area contributed by atoms with Crippen LogP contribution in [-0.2, 0) is 14.3 Å². The Labute approximate surface area is 175 Å². The zero-order valence-electron chi connectivity index (χ0n) is 16.7. The number of amides is 1. The Balaban J connectivity index is 2.69. The predicted octanol–water partition coefficient (Wildman–Crippen LogP) is 3.32. The molecule has 0 aliphatic carbocycles. The van der Waals surface area contributed by atoms with Gasteiger partial charge in [-0.1, -0.05) is 35.8 Å². The standard InChI is InChI=1S/C20H31BrN2O5/c1-4-16(13(2)20(26)27)15-6-7-18(24)17(12-15)23-19(25)14(3)28-11-10-22-9-5-8-21/h6-7,12-14,16,22,24H,4-5,8-11H2,1-3H3,(H,23,25)(H,26,27). The maximum Gasteiger partial charge on any atom is 0.306 e. The second-order valence-corrected chi connectivity index (χ2v) is 7.51. The van der Waals surface area contributed by atoms with Crippen LogP contribution in [0, 0.1) is 5.92 Å². The number of benzene rings is 1. The third-order valence-electron chi connectivity index (χ3n) is 4.64. The summed E-state index contributed by atoms with van der Waals surface area (Å²) >= 11 is 3.36. The monoisotopic (exact) mass is 458 g/mol. The lowest BCUT2D eigenvalue weighted by Crippen LogP contribution is -2.31. The molecule has 0 aliphatic heterocycles. The molecule has 0 heterocycles. The molecule has 28 heavy (non-hydrogen) atoms. The van der Waals surface area contributed by atoms with Crippen molar-refractivity contribution in [1.82, 2.24) is 5.32 Å². The van der Waals surface area contributed by atoms with E-state index in [0.29, 0.717) is 19.6 Å². The molecule has 0 fully saturated rings. The van der Waals surface area contributed by atoms with E-state index in [2.05, 4.69) is 26.6 Å². The molecule has 4 N–H and O–H groups in total. The van der Waals surface area contributed by atoms with Gasteiger partial charge in [-0.3, -0.25) is 9.59 Å². The maximum absolute atomic E-state index is 12.4. The molecule has 0 radical (unpaired) electrons. The van der Waals surface area contributed by atoms with Gasteiger partial charge in [0.05, 0.1) is 18.2 Å². The fourth-order valence-electron chi connectivity index (χ4n) is 2.87. The van der Waals surface area contributed by atoms with Gasteiger partial charge in [-0.2, -0.15) is 0 Å². The molecule has 8 heteroatoms. The van der Waals surface area contributed by atoms with Gasteiger partial charge >= 0.3 is 5.97 Å². The van der Waals surface area contributed by atoms with Gasteiger partial charge in [0.1, 0.15) is 11.9 Å². The molecule has 1 aromatic carbocycles. The SMILES string of the molecule is CCC(c1ccc(O)c(NC(=O)C(C)OCCNCCCBr)c1)C(C)C(=O)O. The van der Waals surface area contributed by atoms with Gasteiger partial charge in [0.2, 0.25) is 0 Å². The van der Waals surface area contributed by atoms with Crippen LogP contribution in [-0.4, -0.2) is 53.2 Å². The number of phenolic OH excluding ortho intramolecular Hbond substituents is 1. The molecule has 0 aliphatic rings. The summed E-state index contributed by atoms with van der Waals surface area (Å²) in [5.74, 6) is -2.10. The Hall–Kier alpha value is -1.64. The van der Waals surface area contributed by atoms with Gasteiger partial charge in [0, 0.05) is 11.9 Å². The maximum atomic E-state index is 12.4. The Kier molecular flexibility index (Phi) is 11.1. The molecule has 7 nitrogen and oxygen atoms in total. The number of nitrogens with one attached hydrogen (secondary N) is 2. The summed E-state index contributed by atoms with van der Waals surface area (Å²) in [6.07, 6.45) is 0.971. The quantitative estimate of drug-likeness (QED) is 0.205. The van der Waals surface area contributed by atoms with Crippen molar-refractivity contribution in [3.05, 3.63) is 23.8 Å². The minimum atomic E-state index is -0.878. The molecule has 1 amide bonds. The van der Waals surface area contributed by atoms with E-state index in [1.54, 1.807) is 26.0 Å². The predicted molar refractivity (Wildman–Crippen MR) is 113 cm³/mol. The van der Waals surface area contributed by atoms with Crippen LogP contribution in [0.25, 0.3) is 0 Å². The lowest BCUT2D eigenvalue weighted by Gasteiger charge is -2.21. The van der Waals surface area contributed by atoms with Crippen LogP contribution in [0.4, 0.5) is 5.69 Å². The first-order valence-corrected chi connectivity index (χ1v) is 10.7. The summed E-state index contributed by atoms with van der Waals surface area (Å²) in [5, 5.41) is 26.2. The molecule has 0 aromatic heterocycles. The number of alkyl halides is 1. The molecule has 0 saturated heterocycles. The van der Waals surface area contributed by atoms with E-state index in [4.69, 9.17) is 4.74 Å². The van der Waals surface area contributed by atoms with Crippen LogP contribution in [0.1, 0.15) is 45.1 Å². The molecule has 0 saturated carbocycles. The van der Waals surface area contributed by atoms with E-state index in [9.17, 15) is 19.8 Å². The van der Waals surface area contributed by atoms with Crippen LogP contribution in [0.2, 0.25) is 0 Å². The van der Waals surface area contributed by atoms with Gasteiger partial charge in [-0.25, -0.2) is 0 Å². The topological polar surface area (TPSA) is 108 Å². The Morgan fingerprint density at radius 1 is 1.25 bits per heavy atom. The highest BCUT2D eigenvalue weighted by molar-refractivity contribution is 9.09. The van der Waals surface area contributed by atoms with Crippen molar-refractivity contribution in [3.63, 3.8) is 0 Å². The fourth-order valence-corrected chi connectivity index (χ4v) is 3.15. The molecular weight excluding hydrogens is 428 g/mol. The summed E-state index contributed by atoms with van der Waals surface area (Å²) in [6, 6.07) is 4.80. The zero-order chi connectivity index (χ0) is 21.1. The van der Waals surface area contributed by atoms with Crippen molar-refractivity contribution in [2.24, 2.45) is 5.92 Å². The average Bonchev–Trinajstić information content (AvgIpc) is 2.67. The van der Waals surface area contributed by atoms with Crippen LogP contribution < -0.4 is 10.6 Å². The van der Waals surface area contributed by atoms with Crippen molar-refractivity contribution in [2.75, 3.05) is 30.3 Å². The molecule has 0 spiro atoms. The number of ether oxygens (including phenoxy) is 1. The molecule has 1 rings (SSSR count). The van der Waals surface area contributed by atoms with E-state index in [1.807, 2.05) is 6.92 Å². The van der Waals surface area contributed by atoms with Crippen LogP contribution in [0.5, 0.6) is 5.75 Å². The first-order valence-electron chi connectivity index (χ1n) is 9.56. The average molecular weight is 459 g/mol. The van der Waals surface area contributed by atoms with Gasteiger partial charge in [0.15, 0.2) is 0 Å². The third kappa shape index (κ3) is 7.77. The summed E-state index contributed by atoms with van der Waals surface area (Å²) in [7, 11) is 0. The number of carbonyl (C=O) groups excluding carboxylic acids is 1. The normalized spacial score (nSPS) is 14.3. The van der Waals surface area contributed by atoms with E-state index >= 15 is 0 Å². The van der Waals surface area contributed by atoms with Gasteiger partial charge in [-0.15, -0.1) is 0 Å². The summed E-state index contributed by atoms with van der Waals surface area (Å²) in [6.45, 7) is 7.15. The largest absolute Gasteiger partial charge is 0.506 e. The number of halogens is 1. The van der Waals surface area contributed by atoms with E-state index in [1.165, 1.54) is 6.07 Å².